The lowest BCUT2D eigenvalue weighted by molar-refractivity contribution is -0.138. The molecule has 3 N–H and O–H groups in total. The first-order chi connectivity index (χ1) is 7.65. The zero-order valence-corrected chi connectivity index (χ0v) is 8.64. The van der Waals surface area contributed by atoms with Gasteiger partial charge in [0.15, 0.2) is 11.3 Å². The van der Waals surface area contributed by atoms with Crippen molar-refractivity contribution >= 4 is 16.9 Å². The highest BCUT2D eigenvalue weighted by atomic mass is 16.5. The van der Waals surface area contributed by atoms with Crippen LogP contribution in [0, 0.1) is 0 Å². The number of carboxylic acids is 1. The van der Waals surface area contributed by atoms with Crippen molar-refractivity contribution in [3.63, 3.8) is 0 Å². The molecule has 2 rings (SSSR count). The Bertz CT molecular complexity index is 532. The molecule has 1 heterocycles. The Morgan fingerprint density at radius 3 is 2.88 bits per heavy atom. The third kappa shape index (κ3) is 1.51. The van der Waals surface area contributed by atoms with Gasteiger partial charge in [-0.3, -0.25) is 4.79 Å². The summed E-state index contributed by atoms with van der Waals surface area (Å²) in [6.45, 7) is 0. The number of rotatable bonds is 3. The largest absolute Gasteiger partial charge is 0.492 e. The fourth-order valence-electron chi connectivity index (χ4n) is 1.61. The van der Waals surface area contributed by atoms with Gasteiger partial charge in [0.1, 0.15) is 6.04 Å². The van der Waals surface area contributed by atoms with E-state index in [4.69, 9.17) is 20.0 Å². The number of ether oxygens (including phenoxy) is 1. The lowest BCUT2D eigenvalue weighted by Gasteiger charge is -2.11. The van der Waals surface area contributed by atoms with Gasteiger partial charge in [-0.15, -0.1) is 0 Å². The Labute approximate surface area is 91.4 Å². The molecule has 5 heteroatoms. The normalized spacial score (nSPS) is 12.6. The van der Waals surface area contributed by atoms with Gasteiger partial charge in [0.05, 0.1) is 13.4 Å². The van der Waals surface area contributed by atoms with Crippen LogP contribution in [0.25, 0.3) is 11.0 Å². The molecule has 84 valence electrons. The maximum Gasteiger partial charge on any atom is 0.325 e. The average Bonchev–Trinajstić information content (AvgIpc) is 2.74. The van der Waals surface area contributed by atoms with Crippen LogP contribution >= 0.6 is 0 Å². The summed E-state index contributed by atoms with van der Waals surface area (Å²) in [5.41, 5.74) is 6.46. The minimum Gasteiger partial charge on any atom is -0.492 e. The van der Waals surface area contributed by atoms with Crippen LogP contribution in [0.2, 0.25) is 0 Å². The number of fused-ring (bicyclic) bond motifs is 1. The highest BCUT2D eigenvalue weighted by Gasteiger charge is 2.21. The number of aliphatic carboxylic acids is 1. The highest BCUT2D eigenvalue weighted by Crippen LogP contribution is 2.33. The van der Waals surface area contributed by atoms with Gasteiger partial charge in [-0.1, -0.05) is 12.1 Å². The van der Waals surface area contributed by atoms with Crippen LogP contribution in [-0.2, 0) is 4.79 Å². The summed E-state index contributed by atoms with van der Waals surface area (Å²) in [6, 6.07) is 4.03. The lowest BCUT2D eigenvalue weighted by Crippen LogP contribution is -2.21. The van der Waals surface area contributed by atoms with E-state index in [-0.39, 0.29) is 0 Å². The number of benzene rings is 1. The standard InChI is InChI=1S/C11H11NO4/c1-15-10-7(8(12)11(13)14)3-2-6-4-5-16-9(6)10/h2-5,8H,12H2,1H3,(H,13,14). The van der Waals surface area contributed by atoms with E-state index >= 15 is 0 Å². The summed E-state index contributed by atoms with van der Waals surface area (Å²) in [4.78, 5) is 10.8. The van der Waals surface area contributed by atoms with Gasteiger partial charge in [-0.25, -0.2) is 0 Å². The van der Waals surface area contributed by atoms with Crippen molar-refractivity contribution in [1.29, 1.82) is 0 Å². The molecular formula is C11H11NO4. The van der Waals surface area contributed by atoms with Crippen molar-refractivity contribution in [2.45, 2.75) is 6.04 Å². The molecule has 1 atom stereocenters. The van der Waals surface area contributed by atoms with Crippen LogP contribution < -0.4 is 10.5 Å². The molecule has 0 amide bonds. The number of hydrogen-bond acceptors (Lipinski definition) is 4. The second kappa shape index (κ2) is 3.86. The first-order valence-electron chi connectivity index (χ1n) is 4.67. The van der Waals surface area contributed by atoms with Crippen LogP contribution in [0.5, 0.6) is 5.75 Å². The minimum atomic E-state index is -1.12. The zero-order valence-electron chi connectivity index (χ0n) is 8.64. The summed E-state index contributed by atoms with van der Waals surface area (Å²) in [6.07, 6.45) is 1.52. The third-order valence-electron chi connectivity index (χ3n) is 2.41. The molecule has 2 aromatic rings. The van der Waals surface area contributed by atoms with Gasteiger partial charge >= 0.3 is 5.97 Å². The summed E-state index contributed by atoms with van der Waals surface area (Å²) in [7, 11) is 1.45. The van der Waals surface area contributed by atoms with Gasteiger partial charge < -0.3 is 20.0 Å². The zero-order chi connectivity index (χ0) is 11.7. The molecule has 1 aromatic heterocycles. The molecule has 0 saturated heterocycles. The first kappa shape index (κ1) is 10.5. The van der Waals surface area contributed by atoms with Gasteiger partial charge in [0.25, 0.3) is 0 Å². The molecule has 0 spiro atoms. The van der Waals surface area contributed by atoms with Crippen LogP contribution in [-0.4, -0.2) is 18.2 Å². The first-order valence-corrected chi connectivity index (χ1v) is 4.67. The molecule has 0 aliphatic rings. The predicted molar refractivity (Wildman–Crippen MR) is 57.3 cm³/mol. The molecule has 0 fully saturated rings. The maximum atomic E-state index is 10.8. The summed E-state index contributed by atoms with van der Waals surface area (Å²) in [5.74, 6) is -0.735. The molecule has 1 unspecified atom stereocenters. The number of carbonyl (C=O) groups is 1. The number of nitrogens with two attached hydrogens (primary N) is 1. The highest BCUT2D eigenvalue weighted by molar-refractivity contribution is 5.87. The van der Waals surface area contributed by atoms with E-state index in [9.17, 15) is 4.79 Å². The molecule has 0 saturated carbocycles. The Morgan fingerprint density at radius 2 is 2.25 bits per heavy atom. The molecular weight excluding hydrogens is 210 g/mol. The van der Waals surface area contributed by atoms with E-state index in [1.165, 1.54) is 13.4 Å². The predicted octanol–water partition coefficient (Wildman–Crippen LogP) is 1.53. The summed E-state index contributed by atoms with van der Waals surface area (Å²) < 4.78 is 10.4. The summed E-state index contributed by atoms with van der Waals surface area (Å²) >= 11 is 0. The van der Waals surface area contributed by atoms with Crippen molar-refractivity contribution < 1.29 is 19.1 Å². The van der Waals surface area contributed by atoms with Gasteiger partial charge in [0.2, 0.25) is 0 Å². The third-order valence-corrected chi connectivity index (χ3v) is 2.41. The number of methoxy groups -OCH3 is 1. The maximum absolute atomic E-state index is 10.8. The van der Waals surface area contributed by atoms with Crippen molar-refractivity contribution in [3.8, 4) is 5.75 Å². The molecule has 5 nitrogen and oxygen atoms in total. The molecule has 0 bridgehead atoms. The smallest absolute Gasteiger partial charge is 0.325 e. The van der Waals surface area contributed by atoms with Crippen LogP contribution in [0.3, 0.4) is 0 Å². The second-order valence-electron chi connectivity index (χ2n) is 3.34. The lowest BCUT2D eigenvalue weighted by atomic mass is 10.0. The molecule has 0 aliphatic carbocycles. The molecule has 0 radical (unpaired) electrons. The summed E-state index contributed by atoms with van der Waals surface area (Å²) in [5, 5.41) is 9.71. The van der Waals surface area contributed by atoms with Crippen molar-refractivity contribution in [2.75, 3.05) is 7.11 Å². The van der Waals surface area contributed by atoms with Crippen molar-refractivity contribution in [1.82, 2.24) is 0 Å². The van der Waals surface area contributed by atoms with Crippen LogP contribution in [0.15, 0.2) is 28.9 Å². The number of furan rings is 1. The van der Waals surface area contributed by atoms with Crippen molar-refractivity contribution in [3.05, 3.63) is 30.0 Å². The van der Waals surface area contributed by atoms with Gasteiger partial charge in [-0.2, -0.15) is 0 Å². The Hall–Kier alpha value is -2.01. The van der Waals surface area contributed by atoms with Crippen LogP contribution in [0.1, 0.15) is 11.6 Å². The second-order valence-corrected chi connectivity index (χ2v) is 3.34. The van der Waals surface area contributed by atoms with E-state index in [1.54, 1.807) is 18.2 Å². The molecule has 1 aromatic carbocycles. The average molecular weight is 221 g/mol. The van der Waals surface area contributed by atoms with E-state index in [1.807, 2.05) is 0 Å². The molecule has 16 heavy (non-hydrogen) atoms. The fourth-order valence-corrected chi connectivity index (χ4v) is 1.61. The monoisotopic (exact) mass is 221 g/mol. The van der Waals surface area contributed by atoms with Gasteiger partial charge in [0, 0.05) is 10.9 Å². The Morgan fingerprint density at radius 1 is 1.50 bits per heavy atom. The SMILES string of the molecule is COc1c(C(N)C(=O)O)ccc2ccoc12. The van der Waals surface area contributed by atoms with E-state index in [0.29, 0.717) is 16.9 Å². The fraction of sp³-hybridized carbons (Fsp3) is 0.182. The number of hydrogen-bond donors (Lipinski definition) is 2. The minimum absolute atomic E-state index is 0.373. The van der Waals surface area contributed by atoms with Crippen molar-refractivity contribution in [2.24, 2.45) is 5.73 Å². The van der Waals surface area contributed by atoms with E-state index in [2.05, 4.69) is 0 Å². The quantitative estimate of drug-likeness (QED) is 0.820. The molecule has 0 aliphatic heterocycles. The topological polar surface area (TPSA) is 85.7 Å². The Kier molecular flexibility index (Phi) is 2.54. The van der Waals surface area contributed by atoms with Gasteiger partial charge in [-0.05, 0) is 6.07 Å². The number of carboxylic acid groups (broad SMARTS) is 1. The van der Waals surface area contributed by atoms with E-state index in [0.717, 1.165) is 5.39 Å². The van der Waals surface area contributed by atoms with Crippen LogP contribution in [0.4, 0.5) is 0 Å². The Balaban J connectivity index is 2.64. The van der Waals surface area contributed by atoms with E-state index < -0.39 is 12.0 Å².